The molecule has 0 N–H and O–H groups in total. The first-order chi connectivity index (χ1) is 11.1. The lowest BCUT2D eigenvalue weighted by molar-refractivity contribution is -0.131. The van der Waals surface area contributed by atoms with E-state index in [4.69, 9.17) is 4.74 Å². The highest BCUT2D eigenvalue weighted by Crippen LogP contribution is 2.20. The summed E-state index contributed by atoms with van der Waals surface area (Å²) in [5.41, 5.74) is 0.714. The molecule has 0 spiro atoms. The average Bonchev–Trinajstić information content (AvgIpc) is 2.53. The van der Waals surface area contributed by atoms with Crippen LogP contribution in [0.1, 0.15) is 29.8 Å². The molecule has 0 saturated carbocycles. The fraction of sp³-hybridized carbons (Fsp3) is 0.500. The van der Waals surface area contributed by atoms with Crippen LogP contribution in [0.15, 0.2) is 23.1 Å². The summed E-state index contributed by atoms with van der Waals surface area (Å²) in [7, 11) is -0.560. The Labute approximate surface area is 143 Å². The number of amides is 1. The molecule has 0 radical (unpaired) electrons. The highest BCUT2D eigenvalue weighted by atomic mass is 32.2. The van der Waals surface area contributed by atoms with Gasteiger partial charge < -0.3 is 9.64 Å². The lowest BCUT2D eigenvalue weighted by atomic mass is 10.1. The Kier molecular flexibility index (Phi) is 6.92. The largest absolute Gasteiger partial charge is 0.452 e. The summed E-state index contributed by atoms with van der Waals surface area (Å²) in [6, 6.07) is 4.32. The molecule has 0 unspecified atom stereocenters. The highest BCUT2D eigenvalue weighted by Gasteiger charge is 2.24. The molecule has 0 aliphatic rings. The summed E-state index contributed by atoms with van der Waals surface area (Å²) in [6.45, 7) is 5.46. The van der Waals surface area contributed by atoms with Gasteiger partial charge in [0.25, 0.3) is 5.91 Å². The summed E-state index contributed by atoms with van der Waals surface area (Å²) in [5.74, 6) is -1.08. The molecule has 134 valence electrons. The molecular weight excluding hydrogens is 332 g/mol. The molecule has 7 nitrogen and oxygen atoms in total. The molecular formula is C16H24N2O5S. The smallest absolute Gasteiger partial charge is 0.338 e. The topological polar surface area (TPSA) is 84.0 Å². The molecule has 1 amide bonds. The first-order valence-electron chi connectivity index (χ1n) is 7.63. The SMILES string of the molecule is CCN(CC)S(=O)(=O)c1ccc(C)c(C(=O)OCC(=O)N(C)C)c1. The van der Waals surface area contributed by atoms with Gasteiger partial charge in [-0.25, -0.2) is 13.2 Å². The van der Waals surface area contributed by atoms with Gasteiger partial charge in [-0.3, -0.25) is 4.79 Å². The van der Waals surface area contributed by atoms with E-state index in [2.05, 4.69) is 0 Å². The van der Waals surface area contributed by atoms with Crippen LogP contribution in [0.2, 0.25) is 0 Å². The quantitative estimate of drug-likeness (QED) is 0.687. The van der Waals surface area contributed by atoms with E-state index < -0.39 is 22.6 Å². The molecule has 0 aliphatic heterocycles. The third-order valence-electron chi connectivity index (χ3n) is 3.60. The van der Waals surface area contributed by atoms with E-state index in [1.165, 1.54) is 21.3 Å². The molecule has 8 heteroatoms. The van der Waals surface area contributed by atoms with Crippen molar-refractivity contribution in [1.82, 2.24) is 9.21 Å². The number of hydrogen-bond acceptors (Lipinski definition) is 5. The number of hydrogen-bond donors (Lipinski definition) is 0. The number of benzene rings is 1. The number of rotatable bonds is 7. The molecule has 0 bridgehead atoms. The van der Waals surface area contributed by atoms with Crippen molar-refractivity contribution in [2.24, 2.45) is 0 Å². The average molecular weight is 356 g/mol. The molecule has 0 fully saturated rings. The molecule has 1 rings (SSSR count). The number of ether oxygens (including phenoxy) is 1. The fourth-order valence-electron chi connectivity index (χ4n) is 2.03. The normalized spacial score (nSPS) is 11.4. The van der Waals surface area contributed by atoms with E-state index in [0.717, 1.165) is 0 Å². The molecule has 0 aliphatic carbocycles. The minimum atomic E-state index is -3.67. The predicted octanol–water partition coefficient (Wildman–Crippen LogP) is 1.27. The summed E-state index contributed by atoms with van der Waals surface area (Å²) in [5, 5.41) is 0. The minimum Gasteiger partial charge on any atom is -0.452 e. The number of carbonyl (C=O) groups excluding carboxylic acids is 2. The van der Waals surface area contributed by atoms with Crippen LogP contribution in [-0.2, 0) is 19.6 Å². The van der Waals surface area contributed by atoms with Crippen LogP contribution in [0.3, 0.4) is 0 Å². The Morgan fingerprint density at radius 1 is 1.12 bits per heavy atom. The number of carbonyl (C=O) groups is 2. The lowest BCUT2D eigenvalue weighted by Gasteiger charge is -2.19. The van der Waals surface area contributed by atoms with Crippen molar-refractivity contribution >= 4 is 21.9 Å². The molecule has 1 aromatic rings. The van der Waals surface area contributed by atoms with E-state index in [0.29, 0.717) is 18.7 Å². The van der Waals surface area contributed by atoms with Gasteiger partial charge in [0.05, 0.1) is 10.5 Å². The van der Waals surface area contributed by atoms with Gasteiger partial charge in [-0.2, -0.15) is 4.31 Å². The second-order valence-corrected chi connectivity index (χ2v) is 7.37. The monoisotopic (exact) mass is 356 g/mol. The van der Waals surface area contributed by atoms with Crippen LogP contribution >= 0.6 is 0 Å². The third kappa shape index (κ3) is 4.55. The molecule has 24 heavy (non-hydrogen) atoms. The van der Waals surface area contributed by atoms with Gasteiger partial charge in [0.1, 0.15) is 0 Å². The van der Waals surface area contributed by atoms with Crippen molar-refractivity contribution in [2.45, 2.75) is 25.7 Å². The highest BCUT2D eigenvalue weighted by molar-refractivity contribution is 7.89. The first-order valence-corrected chi connectivity index (χ1v) is 9.07. The van der Waals surface area contributed by atoms with Crippen LogP contribution in [0.5, 0.6) is 0 Å². The van der Waals surface area contributed by atoms with Crippen molar-refractivity contribution in [3.8, 4) is 0 Å². The molecule has 0 heterocycles. The van der Waals surface area contributed by atoms with Gasteiger partial charge in [0, 0.05) is 27.2 Å². The van der Waals surface area contributed by atoms with E-state index in [-0.39, 0.29) is 16.4 Å². The Morgan fingerprint density at radius 3 is 2.21 bits per heavy atom. The number of likely N-dealkylation sites (N-methyl/N-ethyl adjacent to an activating group) is 1. The Bertz CT molecular complexity index is 709. The number of aryl methyl sites for hydroxylation is 1. The van der Waals surface area contributed by atoms with Crippen molar-refractivity contribution in [2.75, 3.05) is 33.8 Å². The van der Waals surface area contributed by atoms with Gasteiger partial charge in [-0.05, 0) is 24.6 Å². The van der Waals surface area contributed by atoms with Crippen LogP contribution in [0.4, 0.5) is 0 Å². The van der Waals surface area contributed by atoms with Crippen molar-refractivity contribution < 1.29 is 22.7 Å². The maximum absolute atomic E-state index is 12.5. The van der Waals surface area contributed by atoms with Crippen LogP contribution in [0, 0.1) is 6.92 Å². The zero-order chi connectivity index (χ0) is 18.5. The zero-order valence-corrected chi connectivity index (χ0v) is 15.5. The Balaban J connectivity index is 3.10. The molecule has 0 saturated heterocycles. The summed E-state index contributed by atoms with van der Waals surface area (Å²) >= 11 is 0. The number of sulfonamides is 1. The Hall–Kier alpha value is -1.93. The summed E-state index contributed by atoms with van der Waals surface area (Å²) in [6.07, 6.45) is 0. The van der Waals surface area contributed by atoms with Crippen LogP contribution < -0.4 is 0 Å². The van der Waals surface area contributed by atoms with Gasteiger partial charge in [-0.1, -0.05) is 19.9 Å². The first kappa shape index (κ1) is 20.1. The number of esters is 1. The second kappa shape index (κ2) is 8.25. The number of nitrogens with zero attached hydrogens (tertiary/aromatic N) is 2. The van der Waals surface area contributed by atoms with Gasteiger partial charge in [0.15, 0.2) is 6.61 Å². The van der Waals surface area contributed by atoms with E-state index in [1.807, 2.05) is 0 Å². The van der Waals surface area contributed by atoms with Crippen molar-refractivity contribution in [3.05, 3.63) is 29.3 Å². The second-order valence-electron chi connectivity index (χ2n) is 5.43. The van der Waals surface area contributed by atoms with Crippen molar-refractivity contribution in [3.63, 3.8) is 0 Å². The zero-order valence-electron chi connectivity index (χ0n) is 14.7. The van der Waals surface area contributed by atoms with Gasteiger partial charge >= 0.3 is 5.97 Å². The maximum atomic E-state index is 12.5. The molecule has 0 aromatic heterocycles. The lowest BCUT2D eigenvalue weighted by Crippen LogP contribution is -2.31. The maximum Gasteiger partial charge on any atom is 0.338 e. The standard InChI is InChI=1S/C16H24N2O5S/c1-6-18(7-2)24(21,22)13-9-8-12(3)14(10-13)16(20)23-11-15(19)17(4)5/h8-10H,6-7,11H2,1-5H3. The van der Waals surface area contributed by atoms with E-state index >= 15 is 0 Å². The van der Waals surface area contributed by atoms with E-state index in [9.17, 15) is 18.0 Å². The third-order valence-corrected chi connectivity index (χ3v) is 5.64. The fourth-order valence-corrected chi connectivity index (χ4v) is 3.51. The van der Waals surface area contributed by atoms with Crippen LogP contribution in [-0.4, -0.2) is 63.3 Å². The minimum absolute atomic E-state index is 0.0303. The molecule has 0 atom stereocenters. The summed E-state index contributed by atoms with van der Waals surface area (Å²) in [4.78, 5) is 25.0. The Morgan fingerprint density at radius 2 is 1.71 bits per heavy atom. The van der Waals surface area contributed by atoms with Gasteiger partial charge in [-0.15, -0.1) is 0 Å². The predicted molar refractivity (Wildman–Crippen MR) is 90.3 cm³/mol. The summed E-state index contributed by atoms with van der Waals surface area (Å²) < 4.78 is 31.4. The van der Waals surface area contributed by atoms with Gasteiger partial charge in [0.2, 0.25) is 10.0 Å². The van der Waals surface area contributed by atoms with Crippen molar-refractivity contribution in [1.29, 1.82) is 0 Å². The molecule has 1 aromatic carbocycles. The van der Waals surface area contributed by atoms with E-state index in [1.54, 1.807) is 40.9 Å². The van der Waals surface area contributed by atoms with Crippen LogP contribution in [0.25, 0.3) is 0 Å².